The number of hydrogen-bond acceptors (Lipinski definition) is 3. The number of piperazine rings is 1. The van der Waals surface area contributed by atoms with Crippen LogP contribution in [0.5, 0.6) is 0 Å². The van der Waals surface area contributed by atoms with Crippen LogP contribution in [0.2, 0.25) is 0 Å². The van der Waals surface area contributed by atoms with E-state index in [2.05, 4.69) is 5.32 Å². The maximum absolute atomic E-state index is 11.1. The van der Waals surface area contributed by atoms with Crippen LogP contribution in [0.4, 0.5) is 0 Å². The van der Waals surface area contributed by atoms with Crippen molar-refractivity contribution in [2.24, 2.45) is 0 Å². The van der Waals surface area contributed by atoms with Crippen LogP contribution in [0.1, 0.15) is 19.8 Å². The molecule has 1 atom stereocenters. The highest BCUT2D eigenvalue weighted by atomic mass is 16.4. The lowest BCUT2D eigenvalue weighted by Gasteiger charge is -2.32. The lowest BCUT2D eigenvalue weighted by Crippen LogP contribution is -2.52. The van der Waals surface area contributed by atoms with Gasteiger partial charge in [0, 0.05) is 39.0 Å². The highest BCUT2D eigenvalue weighted by Crippen LogP contribution is 2.05. The molecule has 1 rings (SSSR count). The van der Waals surface area contributed by atoms with E-state index >= 15 is 0 Å². The molecule has 1 unspecified atom stereocenters. The van der Waals surface area contributed by atoms with Gasteiger partial charge in [-0.3, -0.25) is 9.59 Å². The number of carbonyl (C=O) groups is 2. The Labute approximate surface area is 83.1 Å². The molecule has 0 saturated carbocycles. The Kier molecular flexibility index (Phi) is 3.88. The van der Waals surface area contributed by atoms with E-state index in [0.29, 0.717) is 13.0 Å². The van der Waals surface area contributed by atoms with E-state index in [0.717, 1.165) is 13.1 Å². The zero-order chi connectivity index (χ0) is 10.6. The predicted molar refractivity (Wildman–Crippen MR) is 50.9 cm³/mol. The van der Waals surface area contributed by atoms with Crippen LogP contribution >= 0.6 is 0 Å². The minimum absolute atomic E-state index is 0.0619. The minimum Gasteiger partial charge on any atom is -0.481 e. The molecule has 5 nitrogen and oxygen atoms in total. The first kappa shape index (κ1) is 11.0. The van der Waals surface area contributed by atoms with E-state index in [-0.39, 0.29) is 18.4 Å². The summed E-state index contributed by atoms with van der Waals surface area (Å²) in [6.45, 7) is 3.64. The molecule has 2 N–H and O–H groups in total. The van der Waals surface area contributed by atoms with Crippen LogP contribution in [-0.2, 0) is 9.59 Å². The molecule has 14 heavy (non-hydrogen) atoms. The molecule has 1 aliphatic heterocycles. The summed E-state index contributed by atoms with van der Waals surface area (Å²) in [4.78, 5) is 23.2. The molecule has 0 radical (unpaired) electrons. The summed E-state index contributed by atoms with van der Waals surface area (Å²) >= 11 is 0. The van der Waals surface area contributed by atoms with Crippen molar-refractivity contribution in [2.75, 3.05) is 19.6 Å². The largest absolute Gasteiger partial charge is 0.481 e. The molecule has 0 aromatic heterocycles. The highest BCUT2D eigenvalue weighted by Gasteiger charge is 2.20. The maximum atomic E-state index is 11.1. The smallest absolute Gasteiger partial charge is 0.303 e. The molecular formula is C9H16N2O3. The first-order valence-corrected chi connectivity index (χ1v) is 4.80. The number of hydrogen-bond donors (Lipinski definition) is 2. The second kappa shape index (κ2) is 4.95. The quantitative estimate of drug-likeness (QED) is 0.654. The van der Waals surface area contributed by atoms with Crippen molar-refractivity contribution >= 4 is 11.9 Å². The van der Waals surface area contributed by atoms with Gasteiger partial charge in [0.05, 0.1) is 0 Å². The summed E-state index contributed by atoms with van der Waals surface area (Å²) in [5.41, 5.74) is 0. The van der Waals surface area contributed by atoms with Gasteiger partial charge in [-0.15, -0.1) is 0 Å². The van der Waals surface area contributed by atoms with Gasteiger partial charge in [-0.1, -0.05) is 0 Å². The molecule has 1 heterocycles. The van der Waals surface area contributed by atoms with Gasteiger partial charge in [-0.05, 0) is 6.42 Å². The summed E-state index contributed by atoms with van der Waals surface area (Å²) in [5.74, 6) is -0.724. The zero-order valence-electron chi connectivity index (χ0n) is 8.32. The third-order valence-electron chi connectivity index (χ3n) is 2.41. The number of amides is 1. The number of carboxylic acids is 1. The molecular weight excluding hydrogens is 184 g/mol. The average Bonchev–Trinajstić information content (AvgIpc) is 2.15. The summed E-state index contributed by atoms with van der Waals surface area (Å²) < 4.78 is 0. The lowest BCUT2D eigenvalue weighted by molar-refractivity contribution is -0.137. The van der Waals surface area contributed by atoms with Crippen LogP contribution in [-0.4, -0.2) is 47.6 Å². The topological polar surface area (TPSA) is 69.6 Å². The minimum atomic E-state index is -0.785. The van der Waals surface area contributed by atoms with Gasteiger partial charge in [0.15, 0.2) is 0 Å². The summed E-state index contributed by atoms with van der Waals surface area (Å²) in [6.07, 6.45) is 0.739. The molecule has 0 spiro atoms. The fraction of sp³-hybridized carbons (Fsp3) is 0.778. The fourth-order valence-electron chi connectivity index (χ4n) is 1.60. The number of carboxylic acid groups (broad SMARTS) is 1. The van der Waals surface area contributed by atoms with Crippen molar-refractivity contribution < 1.29 is 14.7 Å². The third-order valence-corrected chi connectivity index (χ3v) is 2.41. The number of carbonyl (C=O) groups excluding carboxylic acids is 1. The van der Waals surface area contributed by atoms with Crippen molar-refractivity contribution in [3.8, 4) is 0 Å². The van der Waals surface area contributed by atoms with Crippen molar-refractivity contribution in [3.05, 3.63) is 0 Å². The van der Waals surface area contributed by atoms with Gasteiger partial charge in [-0.2, -0.15) is 0 Å². The van der Waals surface area contributed by atoms with E-state index in [1.807, 2.05) is 0 Å². The SMILES string of the molecule is CC(=O)N1CCNC(CCC(=O)O)C1. The molecule has 0 aromatic carbocycles. The standard InChI is InChI=1S/C9H16N2O3/c1-7(12)11-5-4-10-8(6-11)2-3-9(13)14/h8,10H,2-6H2,1H3,(H,13,14). The van der Waals surface area contributed by atoms with E-state index < -0.39 is 5.97 Å². The normalized spacial score (nSPS) is 22.1. The Morgan fingerprint density at radius 1 is 1.57 bits per heavy atom. The van der Waals surface area contributed by atoms with Gasteiger partial charge in [0.25, 0.3) is 0 Å². The molecule has 0 aliphatic carbocycles. The number of rotatable bonds is 3. The third kappa shape index (κ3) is 3.33. The Bertz CT molecular complexity index is 230. The molecule has 0 bridgehead atoms. The van der Waals surface area contributed by atoms with Gasteiger partial charge in [0.1, 0.15) is 0 Å². The number of aliphatic carboxylic acids is 1. The number of nitrogens with zero attached hydrogens (tertiary/aromatic N) is 1. The summed E-state index contributed by atoms with van der Waals surface area (Å²) in [7, 11) is 0. The van der Waals surface area contributed by atoms with Crippen LogP contribution in [0.3, 0.4) is 0 Å². The van der Waals surface area contributed by atoms with E-state index in [1.165, 1.54) is 0 Å². The molecule has 1 amide bonds. The zero-order valence-corrected chi connectivity index (χ0v) is 8.32. The second-order valence-corrected chi connectivity index (χ2v) is 3.55. The maximum Gasteiger partial charge on any atom is 0.303 e. The van der Waals surface area contributed by atoms with Crippen molar-refractivity contribution in [2.45, 2.75) is 25.8 Å². The molecule has 1 saturated heterocycles. The predicted octanol–water partition coefficient (Wildman–Crippen LogP) is -0.328. The van der Waals surface area contributed by atoms with Gasteiger partial charge in [0.2, 0.25) is 5.91 Å². The van der Waals surface area contributed by atoms with Crippen molar-refractivity contribution in [1.29, 1.82) is 0 Å². The van der Waals surface area contributed by atoms with Crippen LogP contribution < -0.4 is 5.32 Å². The van der Waals surface area contributed by atoms with Crippen LogP contribution in [0.25, 0.3) is 0 Å². The highest BCUT2D eigenvalue weighted by molar-refractivity contribution is 5.73. The lowest BCUT2D eigenvalue weighted by atomic mass is 10.1. The van der Waals surface area contributed by atoms with Crippen molar-refractivity contribution in [1.82, 2.24) is 10.2 Å². The number of nitrogens with one attached hydrogen (secondary N) is 1. The molecule has 5 heteroatoms. The molecule has 80 valence electrons. The van der Waals surface area contributed by atoms with E-state index in [9.17, 15) is 9.59 Å². The first-order valence-electron chi connectivity index (χ1n) is 4.80. The Balaban J connectivity index is 2.32. The monoisotopic (exact) mass is 200 g/mol. The molecule has 0 aromatic rings. The average molecular weight is 200 g/mol. The van der Waals surface area contributed by atoms with E-state index in [1.54, 1.807) is 11.8 Å². The Morgan fingerprint density at radius 2 is 2.29 bits per heavy atom. The van der Waals surface area contributed by atoms with Crippen molar-refractivity contribution in [3.63, 3.8) is 0 Å². The summed E-state index contributed by atoms with van der Waals surface area (Å²) in [5, 5.41) is 11.7. The van der Waals surface area contributed by atoms with Crippen LogP contribution in [0, 0.1) is 0 Å². The van der Waals surface area contributed by atoms with Gasteiger partial charge < -0.3 is 15.3 Å². The summed E-state index contributed by atoms with van der Waals surface area (Å²) in [6, 6.07) is 0.128. The second-order valence-electron chi connectivity index (χ2n) is 3.55. The fourth-order valence-corrected chi connectivity index (χ4v) is 1.60. The molecule has 1 aliphatic rings. The first-order chi connectivity index (χ1) is 6.59. The van der Waals surface area contributed by atoms with Gasteiger partial charge >= 0.3 is 5.97 Å². The molecule has 1 fully saturated rings. The van der Waals surface area contributed by atoms with Crippen LogP contribution in [0.15, 0.2) is 0 Å². The Hall–Kier alpha value is -1.10. The van der Waals surface area contributed by atoms with E-state index in [4.69, 9.17) is 5.11 Å². The Morgan fingerprint density at radius 3 is 2.86 bits per heavy atom. The van der Waals surface area contributed by atoms with Gasteiger partial charge in [-0.25, -0.2) is 0 Å².